The molecule has 0 aromatic carbocycles. The van der Waals surface area contributed by atoms with E-state index >= 15 is 0 Å². The number of hydrazine groups is 1. The highest BCUT2D eigenvalue weighted by Crippen LogP contribution is 2.22. The molecule has 1 unspecified atom stereocenters. The van der Waals surface area contributed by atoms with Crippen LogP contribution in [-0.2, 0) is 14.6 Å². The Bertz CT molecular complexity index is 718. The SMILES string of the molecule is CS(=O)(=O)C1=CC=C(COC2C=NC(N3CCN(N)CC3)=NC2)CC1. The molecular formula is C16H25N5O3S. The molecule has 3 aliphatic rings. The second kappa shape index (κ2) is 7.77. The van der Waals surface area contributed by atoms with Gasteiger partial charge in [-0.1, -0.05) is 6.08 Å². The predicted octanol–water partition coefficient (Wildman–Crippen LogP) is -0.0480. The van der Waals surface area contributed by atoms with Crippen molar-refractivity contribution in [1.82, 2.24) is 9.91 Å². The highest BCUT2D eigenvalue weighted by molar-refractivity contribution is 7.94. The van der Waals surface area contributed by atoms with E-state index < -0.39 is 9.84 Å². The van der Waals surface area contributed by atoms with E-state index in [1.807, 2.05) is 6.08 Å². The van der Waals surface area contributed by atoms with Crippen LogP contribution in [0, 0.1) is 0 Å². The summed E-state index contributed by atoms with van der Waals surface area (Å²) >= 11 is 0. The molecule has 2 N–H and O–H groups in total. The molecule has 0 amide bonds. The first-order valence-electron chi connectivity index (χ1n) is 8.45. The van der Waals surface area contributed by atoms with Gasteiger partial charge in [-0.2, -0.15) is 0 Å². The average molecular weight is 367 g/mol. The normalized spacial score (nSPS) is 25.4. The topological polar surface area (TPSA) is 101 Å². The molecule has 1 fully saturated rings. The molecule has 0 aromatic rings. The maximum absolute atomic E-state index is 11.5. The lowest BCUT2D eigenvalue weighted by Crippen LogP contribution is -2.51. The number of guanidine groups is 1. The number of hydrogen-bond acceptors (Lipinski definition) is 8. The van der Waals surface area contributed by atoms with Crippen LogP contribution in [0.5, 0.6) is 0 Å². The van der Waals surface area contributed by atoms with Crippen molar-refractivity contribution in [2.24, 2.45) is 15.8 Å². The van der Waals surface area contributed by atoms with Crippen molar-refractivity contribution in [2.45, 2.75) is 18.9 Å². The van der Waals surface area contributed by atoms with E-state index in [-0.39, 0.29) is 6.10 Å². The third kappa shape index (κ3) is 4.97. The quantitative estimate of drug-likeness (QED) is 0.700. The predicted molar refractivity (Wildman–Crippen MR) is 98.1 cm³/mol. The van der Waals surface area contributed by atoms with E-state index in [9.17, 15) is 8.42 Å². The summed E-state index contributed by atoms with van der Waals surface area (Å²) in [5, 5.41) is 1.80. The number of nitrogens with zero attached hydrogens (tertiary/aromatic N) is 4. The fourth-order valence-corrected chi connectivity index (χ4v) is 3.70. The summed E-state index contributed by atoms with van der Waals surface area (Å²) in [7, 11) is -3.08. The van der Waals surface area contributed by atoms with Crippen LogP contribution in [0.25, 0.3) is 0 Å². The Labute approximate surface area is 148 Å². The van der Waals surface area contributed by atoms with E-state index in [2.05, 4.69) is 14.9 Å². The molecule has 1 saturated heterocycles. The molecule has 1 aliphatic carbocycles. The average Bonchev–Trinajstić information content (AvgIpc) is 2.61. The molecule has 2 aliphatic heterocycles. The van der Waals surface area contributed by atoms with Gasteiger partial charge < -0.3 is 9.64 Å². The van der Waals surface area contributed by atoms with E-state index in [1.54, 1.807) is 17.3 Å². The molecular weight excluding hydrogens is 342 g/mol. The number of ether oxygens (including phenoxy) is 1. The molecule has 9 heteroatoms. The number of aliphatic imine (C=N–C) groups is 2. The highest BCUT2D eigenvalue weighted by Gasteiger charge is 2.21. The summed E-state index contributed by atoms with van der Waals surface area (Å²) < 4.78 is 28.9. The third-order valence-corrected chi connectivity index (χ3v) is 5.82. The Morgan fingerprint density at radius 2 is 2.00 bits per heavy atom. The molecule has 25 heavy (non-hydrogen) atoms. The second-order valence-corrected chi connectivity index (χ2v) is 8.59. The van der Waals surface area contributed by atoms with E-state index in [1.165, 1.54) is 6.26 Å². The summed E-state index contributed by atoms with van der Waals surface area (Å²) in [6, 6.07) is 0. The van der Waals surface area contributed by atoms with Crippen LogP contribution in [0.3, 0.4) is 0 Å². The Morgan fingerprint density at radius 1 is 1.24 bits per heavy atom. The van der Waals surface area contributed by atoms with Crippen molar-refractivity contribution in [1.29, 1.82) is 0 Å². The van der Waals surface area contributed by atoms with Crippen LogP contribution in [0.2, 0.25) is 0 Å². The van der Waals surface area contributed by atoms with Gasteiger partial charge in [-0.3, -0.25) is 5.84 Å². The van der Waals surface area contributed by atoms with Crippen molar-refractivity contribution >= 4 is 22.0 Å². The molecule has 3 rings (SSSR count). The van der Waals surface area contributed by atoms with Gasteiger partial charge in [0.1, 0.15) is 6.10 Å². The Morgan fingerprint density at radius 3 is 2.56 bits per heavy atom. The molecule has 1 atom stereocenters. The van der Waals surface area contributed by atoms with Gasteiger partial charge in [0.2, 0.25) is 5.96 Å². The zero-order valence-electron chi connectivity index (χ0n) is 14.5. The zero-order chi connectivity index (χ0) is 17.9. The minimum atomic E-state index is -3.08. The van der Waals surface area contributed by atoms with Gasteiger partial charge in [-0.05, 0) is 24.5 Å². The number of rotatable bonds is 4. The lowest BCUT2D eigenvalue weighted by atomic mass is 10.1. The Hall–Kier alpha value is -1.55. The molecule has 0 saturated carbocycles. The third-order valence-electron chi connectivity index (χ3n) is 4.52. The first kappa shape index (κ1) is 18.2. The largest absolute Gasteiger partial charge is 0.366 e. The van der Waals surface area contributed by atoms with Crippen LogP contribution >= 0.6 is 0 Å². The maximum atomic E-state index is 11.5. The lowest BCUT2D eigenvalue weighted by Gasteiger charge is -2.33. The summed E-state index contributed by atoms with van der Waals surface area (Å²) in [5.74, 6) is 6.51. The summed E-state index contributed by atoms with van der Waals surface area (Å²) in [6.45, 7) is 4.32. The van der Waals surface area contributed by atoms with Crippen molar-refractivity contribution in [3.8, 4) is 0 Å². The van der Waals surface area contributed by atoms with Crippen molar-refractivity contribution in [3.63, 3.8) is 0 Å². The van der Waals surface area contributed by atoms with E-state index in [0.717, 1.165) is 37.7 Å². The summed E-state index contributed by atoms with van der Waals surface area (Å²) in [5.41, 5.74) is 1.09. The molecule has 8 nitrogen and oxygen atoms in total. The Kier molecular flexibility index (Phi) is 5.67. The van der Waals surface area contributed by atoms with Gasteiger partial charge in [0.25, 0.3) is 0 Å². The van der Waals surface area contributed by atoms with Gasteiger partial charge in [0.15, 0.2) is 9.84 Å². The number of allylic oxidation sites excluding steroid dienone is 3. The van der Waals surface area contributed by atoms with Crippen molar-refractivity contribution in [3.05, 3.63) is 22.6 Å². The smallest absolute Gasteiger partial charge is 0.220 e. The van der Waals surface area contributed by atoms with Gasteiger partial charge >= 0.3 is 0 Å². The maximum Gasteiger partial charge on any atom is 0.220 e. The fourth-order valence-electron chi connectivity index (χ4n) is 2.91. The number of sulfone groups is 1. The number of piperazine rings is 1. The standard InChI is InChI=1S/C16H25N5O3S/c1-25(22,23)15-4-2-13(3-5-15)12-24-14-10-18-16(19-11-14)20-6-8-21(17)9-7-20/h2,4,10,14H,3,5-9,11-12,17H2,1H3. The number of hydrogen-bond donors (Lipinski definition) is 1. The van der Waals surface area contributed by atoms with Crippen LogP contribution < -0.4 is 5.84 Å². The van der Waals surface area contributed by atoms with Crippen LogP contribution in [0.4, 0.5) is 0 Å². The fraction of sp³-hybridized carbons (Fsp3) is 0.625. The van der Waals surface area contributed by atoms with E-state index in [4.69, 9.17) is 10.6 Å². The summed E-state index contributed by atoms with van der Waals surface area (Å²) in [4.78, 5) is 11.6. The molecule has 0 aromatic heterocycles. The molecule has 0 spiro atoms. The van der Waals surface area contributed by atoms with Gasteiger partial charge in [0, 0.05) is 43.6 Å². The van der Waals surface area contributed by atoms with E-state index in [0.29, 0.717) is 30.9 Å². The molecule has 0 radical (unpaired) electrons. The van der Waals surface area contributed by atoms with Crippen LogP contribution in [0.15, 0.2) is 32.6 Å². The minimum Gasteiger partial charge on any atom is -0.366 e. The van der Waals surface area contributed by atoms with Gasteiger partial charge in [-0.15, -0.1) is 0 Å². The monoisotopic (exact) mass is 367 g/mol. The van der Waals surface area contributed by atoms with Crippen LogP contribution in [0.1, 0.15) is 12.8 Å². The van der Waals surface area contributed by atoms with Crippen LogP contribution in [-0.4, -0.2) is 82.2 Å². The van der Waals surface area contributed by atoms with Crippen molar-refractivity contribution in [2.75, 3.05) is 45.6 Å². The second-order valence-electron chi connectivity index (χ2n) is 6.52. The van der Waals surface area contributed by atoms with Gasteiger partial charge in [0.05, 0.1) is 13.2 Å². The summed E-state index contributed by atoms with van der Waals surface area (Å²) in [6.07, 6.45) is 7.69. The first-order chi connectivity index (χ1) is 11.9. The minimum absolute atomic E-state index is 0.138. The van der Waals surface area contributed by atoms with Gasteiger partial charge in [-0.25, -0.2) is 23.4 Å². The van der Waals surface area contributed by atoms with Crippen molar-refractivity contribution < 1.29 is 13.2 Å². The molecule has 2 heterocycles. The first-order valence-corrected chi connectivity index (χ1v) is 10.3. The zero-order valence-corrected chi connectivity index (χ0v) is 15.3. The Balaban J connectivity index is 1.46. The number of nitrogens with two attached hydrogens (primary N) is 1. The lowest BCUT2D eigenvalue weighted by molar-refractivity contribution is 0.123. The molecule has 0 bridgehead atoms. The highest BCUT2D eigenvalue weighted by atomic mass is 32.2. The molecule has 138 valence electrons.